The summed E-state index contributed by atoms with van der Waals surface area (Å²) in [5, 5.41) is 0.632. The van der Waals surface area contributed by atoms with Crippen LogP contribution in [0.1, 0.15) is 25.3 Å². The first-order valence-electron chi connectivity index (χ1n) is 6.26. The second-order valence-corrected chi connectivity index (χ2v) is 5.16. The van der Waals surface area contributed by atoms with Gasteiger partial charge in [0.2, 0.25) is 5.91 Å². The molecule has 5 heteroatoms. The van der Waals surface area contributed by atoms with Crippen LogP contribution in [0.25, 0.3) is 0 Å². The van der Waals surface area contributed by atoms with Gasteiger partial charge in [-0.2, -0.15) is 0 Å². The fraction of sp³-hybridized carbons (Fsp3) is 0.500. The van der Waals surface area contributed by atoms with E-state index in [9.17, 15) is 4.79 Å². The molecule has 0 fully saturated rings. The first-order chi connectivity index (χ1) is 8.93. The van der Waals surface area contributed by atoms with Gasteiger partial charge in [0, 0.05) is 36.6 Å². The Morgan fingerprint density at radius 2 is 2.21 bits per heavy atom. The molecule has 0 saturated carbocycles. The Balaban J connectivity index is 2.68. The molecule has 19 heavy (non-hydrogen) atoms. The number of ether oxygens (including phenoxy) is 1. The van der Waals surface area contributed by atoms with E-state index in [0.717, 1.165) is 11.3 Å². The first-order valence-corrected chi connectivity index (χ1v) is 6.63. The number of carbonyl (C=O) groups excluding carboxylic acids is 1. The topological polar surface area (TPSA) is 55.6 Å². The van der Waals surface area contributed by atoms with Crippen LogP contribution in [-0.2, 0) is 11.3 Å². The normalized spacial score (nSPS) is 12.1. The fourth-order valence-electron chi connectivity index (χ4n) is 1.76. The van der Waals surface area contributed by atoms with E-state index in [1.54, 1.807) is 31.2 Å². The smallest absolute Gasteiger partial charge is 0.222 e. The molecule has 0 radical (unpaired) electrons. The molecule has 0 heterocycles. The molecule has 1 aromatic carbocycles. The molecule has 1 atom stereocenters. The predicted octanol–water partition coefficient (Wildman–Crippen LogP) is 2.43. The summed E-state index contributed by atoms with van der Waals surface area (Å²) < 4.78 is 5.26. The molecule has 0 aliphatic rings. The lowest BCUT2D eigenvalue weighted by atomic mass is 10.1. The Morgan fingerprint density at radius 3 is 2.79 bits per heavy atom. The Kier molecular flexibility index (Phi) is 6.12. The van der Waals surface area contributed by atoms with Crippen LogP contribution >= 0.6 is 11.6 Å². The van der Waals surface area contributed by atoms with Crippen LogP contribution < -0.4 is 10.5 Å². The van der Waals surface area contributed by atoms with Crippen LogP contribution in [0.5, 0.6) is 5.75 Å². The predicted molar refractivity (Wildman–Crippen MR) is 77.4 cm³/mol. The van der Waals surface area contributed by atoms with Crippen molar-refractivity contribution in [2.45, 2.75) is 32.4 Å². The third-order valence-electron chi connectivity index (χ3n) is 2.89. The van der Waals surface area contributed by atoms with E-state index in [4.69, 9.17) is 22.1 Å². The number of nitrogens with zero attached hydrogens (tertiary/aromatic N) is 1. The fourth-order valence-corrected chi connectivity index (χ4v) is 1.95. The molecule has 0 bridgehead atoms. The van der Waals surface area contributed by atoms with Crippen LogP contribution in [0.4, 0.5) is 0 Å². The highest BCUT2D eigenvalue weighted by Gasteiger charge is 2.13. The van der Waals surface area contributed by atoms with Crippen molar-refractivity contribution in [2.24, 2.45) is 5.73 Å². The maximum Gasteiger partial charge on any atom is 0.222 e. The molecular weight excluding hydrogens is 264 g/mol. The molecule has 106 valence electrons. The number of amides is 1. The van der Waals surface area contributed by atoms with Gasteiger partial charge in [-0.15, -0.1) is 0 Å². The van der Waals surface area contributed by atoms with Crippen molar-refractivity contribution in [1.82, 2.24) is 4.90 Å². The van der Waals surface area contributed by atoms with Crippen LogP contribution in [0, 0.1) is 0 Å². The Hall–Kier alpha value is -1.26. The van der Waals surface area contributed by atoms with Crippen molar-refractivity contribution in [3.05, 3.63) is 28.8 Å². The second kappa shape index (κ2) is 7.36. The standard InChI is InChI=1S/C14H21ClN2O2/c1-10(16)4-7-14(18)17(2)9-11-8-12(15)5-6-13(11)19-3/h5-6,8,10H,4,7,9,16H2,1-3H3. The van der Waals surface area contributed by atoms with Crippen molar-refractivity contribution in [3.63, 3.8) is 0 Å². The molecule has 0 spiro atoms. The minimum absolute atomic E-state index is 0.0399. The second-order valence-electron chi connectivity index (χ2n) is 4.72. The van der Waals surface area contributed by atoms with E-state index in [1.165, 1.54) is 0 Å². The van der Waals surface area contributed by atoms with Crippen LogP contribution in [0.2, 0.25) is 5.02 Å². The van der Waals surface area contributed by atoms with Gasteiger partial charge in [-0.3, -0.25) is 4.79 Å². The number of hydrogen-bond donors (Lipinski definition) is 1. The zero-order valence-electron chi connectivity index (χ0n) is 11.6. The molecule has 0 saturated heterocycles. The summed E-state index contributed by atoms with van der Waals surface area (Å²) in [5.41, 5.74) is 6.55. The van der Waals surface area contributed by atoms with Crippen molar-refractivity contribution in [3.8, 4) is 5.75 Å². The molecule has 2 N–H and O–H groups in total. The van der Waals surface area contributed by atoms with Crippen molar-refractivity contribution in [1.29, 1.82) is 0 Å². The Labute approximate surface area is 119 Å². The Morgan fingerprint density at radius 1 is 1.53 bits per heavy atom. The van der Waals surface area contributed by atoms with Gasteiger partial charge in [0.1, 0.15) is 5.75 Å². The van der Waals surface area contributed by atoms with E-state index < -0.39 is 0 Å². The third kappa shape index (κ3) is 5.09. The van der Waals surface area contributed by atoms with Gasteiger partial charge in [0.15, 0.2) is 0 Å². The number of methoxy groups -OCH3 is 1. The van der Waals surface area contributed by atoms with Crippen LogP contribution in [0.15, 0.2) is 18.2 Å². The molecule has 0 aromatic heterocycles. The van der Waals surface area contributed by atoms with Crippen molar-refractivity contribution in [2.75, 3.05) is 14.2 Å². The van der Waals surface area contributed by atoms with Gasteiger partial charge in [0.05, 0.1) is 7.11 Å². The zero-order chi connectivity index (χ0) is 14.4. The van der Waals surface area contributed by atoms with E-state index >= 15 is 0 Å². The number of nitrogens with two attached hydrogens (primary N) is 1. The van der Waals surface area contributed by atoms with Crippen molar-refractivity contribution < 1.29 is 9.53 Å². The summed E-state index contributed by atoms with van der Waals surface area (Å²) in [7, 11) is 3.37. The lowest BCUT2D eigenvalue weighted by Crippen LogP contribution is -2.28. The number of benzene rings is 1. The average Bonchev–Trinajstić information content (AvgIpc) is 2.36. The summed E-state index contributed by atoms with van der Waals surface area (Å²) in [5.74, 6) is 0.801. The van der Waals surface area contributed by atoms with E-state index in [-0.39, 0.29) is 11.9 Å². The summed E-state index contributed by atoms with van der Waals surface area (Å²) >= 11 is 5.96. The summed E-state index contributed by atoms with van der Waals surface area (Å²) in [4.78, 5) is 13.6. The monoisotopic (exact) mass is 284 g/mol. The molecule has 1 unspecified atom stereocenters. The van der Waals surface area contributed by atoms with Gasteiger partial charge >= 0.3 is 0 Å². The number of halogens is 1. The highest BCUT2D eigenvalue weighted by Crippen LogP contribution is 2.23. The number of carbonyl (C=O) groups is 1. The molecule has 0 aliphatic carbocycles. The van der Waals surface area contributed by atoms with Gasteiger partial charge in [-0.1, -0.05) is 11.6 Å². The third-order valence-corrected chi connectivity index (χ3v) is 3.12. The molecule has 1 rings (SSSR count). The quantitative estimate of drug-likeness (QED) is 0.873. The lowest BCUT2D eigenvalue weighted by Gasteiger charge is -2.19. The SMILES string of the molecule is COc1ccc(Cl)cc1CN(C)C(=O)CCC(C)N. The van der Waals surface area contributed by atoms with Gasteiger partial charge in [-0.05, 0) is 31.5 Å². The van der Waals surface area contributed by atoms with Gasteiger partial charge in [0.25, 0.3) is 0 Å². The van der Waals surface area contributed by atoms with Gasteiger partial charge < -0.3 is 15.4 Å². The number of hydrogen-bond acceptors (Lipinski definition) is 3. The molecule has 1 amide bonds. The zero-order valence-corrected chi connectivity index (χ0v) is 12.4. The maximum absolute atomic E-state index is 11.9. The van der Waals surface area contributed by atoms with Crippen LogP contribution in [0.3, 0.4) is 0 Å². The Bertz CT molecular complexity index is 435. The highest BCUT2D eigenvalue weighted by molar-refractivity contribution is 6.30. The first kappa shape index (κ1) is 15.8. The maximum atomic E-state index is 11.9. The molecule has 0 aliphatic heterocycles. The molecular formula is C14H21ClN2O2. The van der Waals surface area contributed by atoms with Crippen LogP contribution in [-0.4, -0.2) is 31.0 Å². The largest absolute Gasteiger partial charge is 0.496 e. The molecule has 1 aromatic rings. The summed E-state index contributed by atoms with van der Waals surface area (Å²) in [6, 6.07) is 5.42. The van der Waals surface area contributed by atoms with E-state index in [0.29, 0.717) is 24.4 Å². The highest BCUT2D eigenvalue weighted by atomic mass is 35.5. The summed E-state index contributed by atoms with van der Waals surface area (Å²) in [6.07, 6.45) is 1.15. The lowest BCUT2D eigenvalue weighted by molar-refractivity contribution is -0.130. The van der Waals surface area contributed by atoms with E-state index in [2.05, 4.69) is 0 Å². The van der Waals surface area contributed by atoms with E-state index in [1.807, 2.05) is 13.0 Å². The van der Waals surface area contributed by atoms with Gasteiger partial charge in [-0.25, -0.2) is 0 Å². The minimum atomic E-state index is 0.0399. The number of rotatable bonds is 6. The summed E-state index contributed by atoms with van der Waals surface area (Å²) in [6.45, 7) is 2.37. The minimum Gasteiger partial charge on any atom is -0.496 e. The molecule has 4 nitrogen and oxygen atoms in total. The average molecular weight is 285 g/mol. The van der Waals surface area contributed by atoms with Crippen molar-refractivity contribution >= 4 is 17.5 Å².